The van der Waals surface area contributed by atoms with Crippen molar-refractivity contribution in [1.82, 2.24) is 0 Å². The molecule has 0 unspecified atom stereocenters. The zero-order valence-electron chi connectivity index (χ0n) is 12.2. The van der Waals surface area contributed by atoms with Crippen LogP contribution in [0.3, 0.4) is 0 Å². The predicted octanol–water partition coefficient (Wildman–Crippen LogP) is 3.56. The molecule has 0 atom stereocenters. The third-order valence-corrected chi connectivity index (χ3v) is 3.49. The predicted molar refractivity (Wildman–Crippen MR) is 86.6 cm³/mol. The number of carbonyl (C=O) groups is 3. The van der Waals surface area contributed by atoms with Crippen molar-refractivity contribution in [3.8, 4) is 11.5 Å². The average molecular weight is 377 g/mol. The number of ketones is 2. The number of carbonyl (C=O) groups excluding carboxylic acids is 3. The second-order valence-electron chi connectivity index (χ2n) is 4.60. The molecule has 0 aliphatic carbocycles. The first kappa shape index (κ1) is 16.9. The van der Waals surface area contributed by atoms with Crippen LogP contribution < -0.4 is 4.74 Å². The van der Waals surface area contributed by atoms with Crippen molar-refractivity contribution in [2.45, 2.75) is 6.42 Å². The molecule has 0 aliphatic heterocycles. The van der Waals surface area contributed by atoms with Gasteiger partial charge in [-0.3, -0.25) is 9.59 Å². The fraction of sp³-hybridized carbons (Fsp3) is 0.118. The van der Waals surface area contributed by atoms with Gasteiger partial charge in [0.15, 0.2) is 5.78 Å². The molecule has 0 radical (unpaired) electrons. The van der Waals surface area contributed by atoms with Crippen LogP contribution in [-0.4, -0.2) is 24.6 Å². The van der Waals surface area contributed by atoms with Gasteiger partial charge in [-0.15, -0.1) is 0 Å². The van der Waals surface area contributed by atoms with E-state index in [2.05, 4.69) is 20.7 Å². The van der Waals surface area contributed by atoms with Gasteiger partial charge < -0.3 is 9.47 Å². The summed E-state index contributed by atoms with van der Waals surface area (Å²) < 4.78 is 10.9. The number of ether oxygens (including phenoxy) is 2. The van der Waals surface area contributed by atoms with Gasteiger partial charge >= 0.3 is 5.97 Å². The van der Waals surface area contributed by atoms with Gasteiger partial charge in [0.05, 0.1) is 13.5 Å². The summed E-state index contributed by atoms with van der Waals surface area (Å²) in [6.07, 6.45) is -0.514. The summed E-state index contributed by atoms with van der Waals surface area (Å²) in [5.41, 5.74) is 0.324. The van der Waals surface area contributed by atoms with Crippen LogP contribution in [0.5, 0.6) is 11.5 Å². The molecule has 2 aromatic rings. The molecule has 0 bridgehead atoms. The van der Waals surface area contributed by atoms with Crippen molar-refractivity contribution < 1.29 is 23.9 Å². The second kappa shape index (κ2) is 7.69. The largest absolute Gasteiger partial charge is 0.463 e. The van der Waals surface area contributed by atoms with Gasteiger partial charge in [0.1, 0.15) is 11.5 Å². The zero-order valence-corrected chi connectivity index (χ0v) is 13.8. The summed E-state index contributed by atoms with van der Waals surface area (Å²) >= 11 is 3.34. The molecule has 118 valence electrons. The zero-order chi connectivity index (χ0) is 16.8. The molecule has 0 heterocycles. The Labute approximate surface area is 141 Å². The SMILES string of the molecule is COC(=O)C(=O)CC(=O)c1ccc(Oc2ccc(Br)cc2)cc1. The maximum absolute atomic E-state index is 11.9. The molecule has 0 saturated heterocycles. The van der Waals surface area contributed by atoms with E-state index in [0.717, 1.165) is 11.6 Å². The highest BCUT2D eigenvalue weighted by atomic mass is 79.9. The Hall–Kier alpha value is -2.47. The average Bonchev–Trinajstić information content (AvgIpc) is 2.56. The normalized spacial score (nSPS) is 10.0. The maximum Gasteiger partial charge on any atom is 0.374 e. The van der Waals surface area contributed by atoms with E-state index in [4.69, 9.17) is 4.74 Å². The van der Waals surface area contributed by atoms with Crippen molar-refractivity contribution in [2.24, 2.45) is 0 Å². The summed E-state index contributed by atoms with van der Waals surface area (Å²) in [4.78, 5) is 34.3. The second-order valence-corrected chi connectivity index (χ2v) is 5.51. The molecule has 2 aromatic carbocycles. The van der Waals surface area contributed by atoms with Crippen LogP contribution in [0.25, 0.3) is 0 Å². The van der Waals surface area contributed by atoms with Crippen LogP contribution in [0.15, 0.2) is 53.0 Å². The summed E-state index contributed by atoms with van der Waals surface area (Å²) in [5, 5.41) is 0. The van der Waals surface area contributed by atoms with Crippen molar-refractivity contribution in [2.75, 3.05) is 7.11 Å². The first-order valence-corrected chi connectivity index (χ1v) is 7.46. The van der Waals surface area contributed by atoms with Crippen LogP contribution in [0, 0.1) is 0 Å². The smallest absolute Gasteiger partial charge is 0.374 e. The number of rotatable bonds is 6. The highest BCUT2D eigenvalue weighted by molar-refractivity contribution is 9.10. The van der Waals surface area contributed by atoms with Crippen molar-refractivity contribution >= 4 is 33.5 Å². The molecule has 0 fully saturated rings. The number of hydrogen-bond donors (Lipinski definition) is 0. The summed E-state index contributed by atoms with van der Waals surface area (Å²) in [5.74, 6) is -1.12. The Kier molecular flexibility index (Phi) is 5.65. The molecule has 23 heavy (non-hydrogen) atoms. The highest BCUT2D eigenvalue weighted by Crippen LogP contribution is 2.23. The van der Waals surface area contributed by atoms with E-state index in [-0.39, 0.29) is 0 Å². The first-order chi connectivity index (χ1) is 11.0. The van der Waals surface area contributed by atoms with E-state index in [1.54, 1.807) is 36.4 Å². The number of hydrogen-bond acceptors (Lipinski definition) is 5. The molecule has 0 saturated carbocycles. The Balaban J connectivity index is 2.01. The minimum absolute atomic E-state index is 0.324. The van der Waals surface area contributed by atoms with E-state index in [0.29, 0.717) is 17.1 Å². The lowest BCUT2D eigenvalue weighted by Gasteiger charge is -2.06. The van der Waals surface area contributed by atoms with Crippen LogP contribution >= 0.6 is 15.9 Å². The quantitative estimate of drug-likeness (QED) is 0.333. The van der Waals surface area contributed by atoms with Crippen molar-refractivity contribution in [3.05, 3.63) is 58.6 Å². The molecule has 2 rings (SSSR count). The molecular formula is C17H13BrO5. The number of esters is 1. The van der Waals surface area contributed by atoms with Crippen LogP contribution in [0.1, 0.15) is 16.8 Å². The number of benzene rings is 2. The topological polar surface area (TPSA) is 69.7 Å². The highest BCUT2D eigenvalue weighted by Gasteiger charge is 2.19. The molecule has 5 nitrogen and oxygen atoms in total. The van der Waals surface area contributed by atoms with Gasteiger partial charge in [0, 0.05) is 10.0 Å². The van der Waals surface area contributed by atoms with Crippen molar-refractivity contribution in [1.29, 1.82) is 0 Å². The number of methoxy groups -OCH3 is 1. The Morgan fingerprint density at radius 1 is 0.913 bits per heavy atom. The van der Waals surface area contributed by atoms with Crippen molar-refractivity contribution in [3.63, 3.8) is 0 Å². The number of halogens is 1. The molecule has 0 aromatic heterocycles. The fourth-order valence-electron chi connectivity index (χ4n) is 1.78. The summed E-state index contributed by atoms with van der Waals surface area (Å²) in [7, 11) is 1.10. The van der Waals surface area contributed by atoms with Gasteiger partial charge in [-0.25, -0.2) is 4.79 Å². The summed E-state index contributed by atoms with van der Waals surface area (Å²) in [6, 6.07) is 13.6. The Bertz CT molecular complexity index is 720. The minimum atomic E-state index is -1.02. The fourth-order valence-corrected chi connectivity index (χ4v) is 2.05. The molecule has 0 amide bonds. The third kappa shape index (κ3) is 4.75. The maximum atomic E-state index is 11.9. The lowest BCUT2D eigenvalue weighted by atomic mass is 10.1. The number of Topliss-reactive ketones (excluding diaryl/α,β-unsaturated/α-hetero) is 2. The van der Waals surface area contributed by atoms with Gasteiger partial charge in [-0.05, 0) is 48.5 Å². The monoisotopic (exact) mass is 376 g/mol. The molecule has 6 heteroatoms. The molecule has 0 spiro atoms. The van der Waals surface area contributed by atoms with E-state index >= 15 is 0 Å². The standard InChI is InChI=1S/C17H13BrO5/c1-22-17(21)16(20)10-15(19)11-2-6-13(7-3-11)23-14-8-4-12(18)5-9-14/h2-9H,10H2,1H3. The van der Waals surface area contributed by atoms with Crippen LogP contribution in [0.4, 0.5) is 0 Å². The Morgan fingerprint density at radius 3 is 1.96 bits per heavy atom. The van der Waals surface area contributed by atoms with Gasteiger partial charge in [0.2, 0.25) is 5.78 Å². The van der Waals surface area contributed by atoms with E-state index < -0.39 is 24.0 Å². The van der Waals surface area contributed by atoms with Gasteiger partial charge in [0.25, 0.3) is 0 Å². The minimum Gasteiger partial charge on any atom is -0.463 e. The molecule has 0 aliphatic rings. The Morgan fingerprint density at radius 2 is 1.43 bits per heavy atom. The molecular weight excluding hydrogens is 364 g/mol. The van der Waals surface area contributed by atoms with E-state index in [1.807, 2.05) is 12.1 Å². The van der Waals surface area contributed by atoms with Gasteiger partial charge in [-0.2, -0.15) is 0 Å². The van der Waals surface area contributed by atoms with E-state index in [9.17, 15) is 14.4 Å². The van der Waals surface area contributed by atoms with Crippen LogP contribution in [0.2, 0.25) is 0 Å². The van der Waals surface area contributed by atoms with Gasteiger partial charge in [-0.1, -0.05) is 15.9 Å². The third-order valence-electron chi connectivity index (χ3n) is 2.96. The molecule has 0 N–H and O–H groups in total. The summed E-state index contributed by atoms with van der Waals surface area (Å²) in [6.45, 7) is 0. The van der Waals surface area contributed by atoms with E-state index in [1.165, 1.54) is 0 Å². The lowest BCUT2D eigenvalue weighted by molar-refractivity contribution is -0.151. The van der Waals surface area contributed by atoms with Crippen LogP contribution in [-0.2, 0) is 14.3 Å². The first-order valence-electron chi connectivity index (χ1n) is 6.67. The lowest BCUT2D eigenvalue weighted by Crippen LogP contribution is -2.19.